The van der Waals surface area contributed by atoms with Gasteiger partial charge in [-0.05, 0) is 26.2 Å². The molecule has 1 aliphatic heterocycles. The summed E-state index contributed by atoms with van der Waals surface area (Å²) in [6.07, 6.45) is 19.1. The molecule has 1 saturated heterocycles. The number of amides is 2. The summed E-state index contributed by atoms with van der Waals surface area (Å²) in [5.74, 6) is -0.729. The first kappa shape index (κ1) is 39.2. The summed E-state index contributed by atoms with van der Waals surface area (Å²) in [6, 6.07) is 5.66. The molecule has 1 aromatic rings. The molecule has 2 unspecified atom stereocenters. The van der Waals surface area contributed by atoms with E-state index in [2.05, 4.69) is 12.4 Å². The number of pyridine rings is 1. The lowest BCUT2D eigenvalue weighted by molar-refractivity contribution is -0.701. The van der Waals surface area contributed by atoms with Crippen LogP contribution >= 0.6 is 0 Å². The largest absolute Gasteiger partial charge is 1.00 e. The Kier molecular flexibility index (Phi) is 22.4. The van der Waals surface area contributed by atoms with E-state index in [-0.39, 0.29) is 67.6 Å². The van der Waals surface area contributed by atoms with E-state index in [9.17, 15) is 14.4 Å². The molecule has 2 atom stereocenters. The number of imide groups is 1. The number of hydrogen-bond acceptors (Lipinski definition) is 7. The van der Waals surface area contributed by atoms with Crippen LogP contribution in [0.15, 0.2) is 24.4 Å². The number of ether oxygens (including phenoxy) is 2. The van der Waals surface area contributed by atoms with E-state index in [0.29, 0.717) is 19.4 Å². The molecular weight excluding hydrogens is 661 g/mol. The second-order valence-electron chi connectivity index (χ2n) is 11.4. The molecule has 0 aromatic carbocycles. The molecule has 2 rings (SSSR count). The van der Waals surface area contributed by atoms with Gasteiger partial charge in [0.15, 0.2) is 6.20 Å². The molecule has 10 heteroatoms. The highest BCUT2D eigenvalue weighted by atomic mass is 127. The Bertz CT molecular complexity index is 918. The van der Waals surface area contributed by atoms with E-state index in [1.807, 2.05) is 35.9 Å². The second kappa shape index (κ2) is 24.5. The Morgan fingerprint density at radius 3 is 2.12 bits per heavy atom. The summed E-state index contributed by atoms with van der Waals surface area (Å²) in [5.41, 5.74) is 3.63. The average molecular weight is 718 g/mol. The number of hydroxylamine groups is 1. The van der Waals surface area contributed by atoms with Gasteiger partial charge < -0.3 is 38.3 Å². The molecule has 1 aromatic heterocycles. The van der Waals surface area contributed by atoms with Crippen molar-refractivity contribution in [2.75, 3.05) is 13.2 Å². The number of unbranched alkanes of at least 4 members (excludes halogenated alkanes) is 12. The van der Waals surface area contributed by atoms with Crippen LogP contribution in [0.3, 0.4) is 0 Å². The van der Waals surface area contributed by atoms with Crippen molar-refractivity contribution in [3.63, 3.8) is 0 Å². The Morgan fingerprint density at radius 2 is 1.51 bits per heavy atom. The maximum Gasteiger partial charge on any atom is 0.417 e. The van der Waals surface area contributed by atoms with Crippen LogP contribution in [0, 0.1) is 0 Å². The van der Waals surface area contributed by atoms with Gasteiger partial charge in [-0.2, -0.15) is 5.48 Å². The maximum absolute atomic E-state index is 12.7. The average Bonchev–Trinajstić information content (AvgIpc) is 3.43. The molecule has 0 radical (unpaired) electrons. The van der Waals surface area contributed by atoms with Crippen LogP contribution in [0.5, 0.6) is 0 Å². The van der Waals surface area contributed by atoms with E-state index in [0.717, 1.165) is 30.0 Å². The minimum Gasteiger partial charge on any atom is -1.00 e. The smallest absolute Gasteiger partial charge is 0.417 e. The first-order chi connectivity index (χ1) is 20.4. The van der Waals surface area contributed by atoms with Gasteiger partial charge in [0.25, 0.3) is 0 Å². The molecule has 0 aliphatic carbocycles. The first-order valence-corrected chi connectivity index (χ1v) is 16.4. The van der Waals surface area contributed by atoms with E-state index >= 15 is 0 Å². The SMILES string of the molecule is CCCCCCCCCCCCCCCNOC(=O)CC1CCC(COC(=O)N(Cc2cccc[n+]2CC)C(C)=O)O1.[I-]. The molecule has 0 bridgehead atoms. The second-order valence-corrected chi connectivity index (χ2v) is 11.4. The van der Waals surface area contributed by atoms with Crippen LogP contribution < -0.4 is 34.0 Å². The summed E-state index contributed by atoms with van der Waals surface area (Å²) < 4.78 is 13.3. The highest BCUT2D eigenvalue weighted by Gasteiger charge is 2.30. The molecule has 1 fully saturated rings. The van der Waals surface area contributed by atoms with Crippen molar-refractivity contribution in [2.24, 2.45) is 0 Å². The molecule has 1 aliphatic rings. The van der Waals surface area contributed by atoms with Crippen LogP contribution in [-0.4, -0.2) is 48.2 Å². The Morgan fingerprint density at radius 1 is 0.907 bits per heavy atom. The summed E-state index contributed by atoms with van der Waals surface area (Å²) in [6.45, 7) is 7.16. The Hall–Kier alpha value is -1.79. The Labute approximate surface area is 276 Å². The number of hydrogen-bond donors (Lipinski definition) is 1. The minimum absolute atomic E-state index is 0. The summed E-state index contributed by atoms with van der Waals surface area (Å²) in [5, 5.41) is 0. The fraction of sp³-hybridized carbons (Fsp3) is 0.758. The molecule has 0 spiro atoms. The first-order valence-electron chi connectivity index (χ1n) is 16.4. The van der Waals surface area contributed by atoms with Gasteiger partial charge in [-0.1, -0.05) is 90.0 Å². The lowest BCUT2D eigenvalue weighted by Gasteiger charge is -2.19. The standard InChI is InChI=1S/C33H56N3O6.HI/c1-4-6-7-8-9-10-11-12-13-14-15-16-18-23-34-42-32(38)25-30-21-22-31(41-30)27-40-33(39)36(28(3)37)26-29-20-17-19-24-35(29)5-2;/h17,19-20,24,30-31,34H,4-16,18,21-23,25-27H2,1-3H3;1H/q+1;/p-1. The monoisotopic (exact) mass is 717 g/mol. The van der Waals surface area contributed by atoms with Crippen molar-refractivity contribution in [1.29, 1.82) is 0 Å². The van der Waals surface area contributed by atoms with Crippen LogP contribution in [0.1, 0.15) is 129 Å². The van der Waals surface area contributed by atoms with Crippen molar-refractivity contribution in [1.82, 2.24) is 10.4 Å². The van der Waals surface area contributed by atoms with Gasteiger partial charge in [0.2, 0.25) is 11.6 Å². The third-order valence-electron chi connectivity index (χ3n) is 7.85. The molecule has 2 amide bonds. The van der Waals surface area contributed by atoms with E-state index in [4.69, 9.17) is 14.3 Å². The van der Waals surface area contributed by atoms with Crippen molar-refractivity contribution < 1.29 is 57.2 Å². The number of halogens is 1. The van der Waals surface area contributed by atoms with Crippen LogP contribution in [0.4, 0.5) is 4.79 Å². The highest BCUT2D eigenvalue weighted by Crippen LogP contribution is 2.23. The van der Waals surface area contributed by atoms with Crippen molar-refractivity contribution in [3.05, 3.63) is 30.1 Å². The van der Waals surface area contributed by atoms with Gasteiger partial charge in [0.1, 0.15) is 19.7 Å². The van der Waals surface area contributed by atoms with Crippen molar-refractivity contribution in [3.8, 4) is 0 Å². The predicted octanol–water partition coefficient (Wildman–Crippen LogP) is 3.56. The van der Waals surface area contributed by atoms with Gasteiger partial charge in [0, 0.05) is 25.6 Å². The zero-order valence-electron chi connectivity index (χ0n) is 26.8. The highest BCUT2D eigenvalue weighted by molar-refractivity contribution is 5.90. The molecule has 1 N–H and O–H groups in total. The number of aromatic nitrogens is 1. The van der Waals surface area contributed by atoms with Gasteiger partial charge in [-0.3, -0.25) is 9.59 Å². The number of carbonyl (C=O) groups excluding carboxylic acids is 3. The number of carbonyl (C=O) groups is 3. The normalized spacial score (nSPS) is 16.0. The summed E-state index contributed by atoms with van der Waals surface area (Å²) >= 11 is 0. The molecule has 246 valence electrons. The number of rotatable bonds is 22. The summed E-state index contributed by atoms with van der Waals surface area (Å²) in [4.78, 5) is 43.3. The van der Waals surface area contributed by atoms with E-state index in [1.54, 1.807) is 0 Å². The fourth-order valence-electron chi connectivity index (χ4n) is 5.30. The summed E-state index contributed by atoms with van der Waals surface area (Å²) in [7, 11) is 0. The van der Waals surface area contributed by atoms with Crippen LogP contribution in [0.25, 0.3) is 0 Å². The van der Waals surface area contributed by atoms with E-state index < -0.39 is 6.09 Å². The number of nitrogens with one attached hydrogen (secondary N) is 1. The van der Waals surface area contributed by atoms with Gasteiger partial charge in [-0.25, -0.2) is 14.3 Å². The van der Waals surface area contributed by atoms with Gasteiger partial charge in [-0.15, -0.1) is 0 Å². The van der Waals surface area contributed by atoms with Gasteiger partial charge in [0.05, 0.1) is 18.6 Å². The third-order valence-corrected chi connectivity index (χ3v) is 7.85. The topological polar surface area (TPSA) is 98.0 Å². The lowest BCUT2D eigenvalue weighted by Crippen LogP contribution is -3.00. The molecule has 43 heavy (non-hydrogen) atoms. The Balaban J connectivity index is 0.00000924. The fourth-order valence-corrected chi connectivity index (χ4v) is 5.30. The predicted molar refractivity (Wildman–Crippen MR) is 162 cm³/mol. The third kappa shape index (κ3) is 17.3. The zero-order chi connectivity index (χ0) is 30.4. The molecular formula is C33H56IN3O6. The van der Waals surface area contributed by atoms with Crippen molar-refractivity contribution in [2.45, 2.75) is 149 Å². The number of nitrogens with zero attached hydrogens (tertiary/aromatic N) is 2. The molecule has 2 heterocycles. The van der Waals surface area contributed by atoms with Crippen LogP contribution in [-0.2, 0) is 37.0 Å². The maximum atomic E-state index is 12.7. The molecule has 0 saturated carbocycles. The molecule has 9 nitrogen and oxygen atoms in total. The number of aryl methyl sites for hydroxylation is 1. The minimum atomic E-state index is -0.696. The lowest BCUT2D eigenvalue weighted by atomic mass is 10.0. The van der Waals surface area contributed by atoms with Gasteiger partial charge >= 0.3 is 12.1 Å². The van der Waals surface area contributed by atoms with Crippen LogP contribution in [0.2, 0.25) is 0 Å². The zero-order valence-corrected chi connectivity index (χ0v) is 29.0. The quantitative estimate of drug-likeness (QED) is 0.0849. The van der Waals surface area contributed by atoms with Crippen molar-refractivity contribution >= 4 is 18.0 Å². The van der Waals surface area contributed by atoms with E-state index in [1.165, 1.54) is 77.6 Å².